The van der Waals surface area contributed by atoms with Crippen molar-refractivity contribution in [1.82, 2.24) is 4.90 Å². The Bertz CT molecular complexity index is 531. The van der Waals surface area contributed by atoms with E-state index in [9.17, 15) is 9.59 Å². The molecule has 1 fully saturated rings. The van der Waals surface area contributed by atoms with Crippen molar-refractivity contribution in [3.8, 4) is 0 Å². The van der Waals surface area contributed by atoms with Crippen molar-refractivity contribution in [2.45, 2.75) is 39.2 Å². The van der Waals surface area contributed by atoms with E-state index in [-0.39, 0.29) is 6.04 Å². The number of carbonyl (C=O) groups is 2. The highest BCUT2D eigenvalue weighted by Gasteiger charge is 2.28. The number of nitrogens with one attached hydrogen (secondary N) is 1. The Hall–Kier alpha value is -1.36. The van der Waals surface area contributed by atoms with Gasteiger partial charge >= 0.3 is 11.8 Å². The summed E-state index contributed by atoms with van der Waals surface area (Å²) < 4.78 is 0.948. The SMILES string of the molecule is Cc1cc(Br)ccc1NC(=O)C(=O)N1CCCCC1C. The molecule has 2 amide bonds. The zero-order valence-electron chi connectivity index (χ0n) is 11.8. The molecule has 0 aromatic heterocycles. The fraction of sp³-hybridized carbons (Fsp3) is 0.467. The van der Waals surface area contributed by atoms with E-state index in [0.29, 0.717) is 12.2 Å². The molecule has 0 aliphatic carbocycles. The molecule has 5 heteroatoms. The molecule has 1 saturated heterocycles. The minimum Gasteiger partial charge on any atom is -0.332 e. The van der Waals surface area contributed by atoms with Crippen molar-refractivity contribution in [2.24, 2.45) is 0 Å². The number of likely N-dealkylation sites (tertiary alicyclic amines) is 1. The van der Waals surface area contributed by atoms with Gasteiger partial charge in [-0.2, -0.15) is 0 Å². The average Bonchev–Trinajstić information content (AvgIpc) is 2.41. The van der Waals surface area contributed by atoms with Crippen LogP contribution in [0.15, 0.2) is 22.7 Å². The van der Waals surface area contributed by atoms with E-state index >= 15 is 0 Å². The summed E-state index contributed by atoms with van der Waals surface area (Å²) in [6.07, 6.45) is 3.06. The number of aryl methyl sites for hydroxylation is 1. The average molecular weight is 339 g/mol. The van der Waals surface area contributed by atoms with Gasteiger partial charge in [0.05, 0.1) is 0 Å². The van der Waals surface area contributed by atoms with E-state index in [0.717, 1.165) is 29.3 Å². The Balaban J connectivity index is 2.05. The zero-order valence-corrected chi connectivity index (χ0v) is 13.4. The number of carbonyl (C=O) groups excluding carboxylic acids is 2. The van der Waals surface area contributed by atoms with Crippen LogP contribution in [0.1, 0.15) is 31.7 Å². The summed E-state index contributed by atoms with van der Waals surface area (Å²) in [5.74, 6) is -0.983. The maximum atomic E-state index is 12.2. The first kappa shape index (κ1) is 15.0. The Morgan fingerprint density at radius 1 is 1.35 bits per heavy atom. The second kappa shape index (κ2) is 6.39. The van der Waals surface area contributed by atoms with E-state index in [4.69, 9.17) is 0 Å². The van der Waals surface area contributed by atoms with Crippen molar-refractivity contribution in [1.29, 1.82) is 0 Å². The lowest BCUT2D eigenvalue weighted by molar-refractivity contribution is -0.145. The summed E-state index contributed by atoms with van der Waals surface area (Å²) in [4.78, 5) is 25.9. The van der Waals surface area contributed by atoms with E-state index in [2.05, 4.69) is 21.2 Å². The van der Waals surface area contributed by atoms with Crippen LogP contribution in [0.4, 0.5) is 5.69 Å². The minimum absolute atomic E-state index is 0.146. The topological polar surface area (TPSA) is 49.4 Å². The van der Waals surface area contributed by atoms with Crippen LogP contribution in [-0.2, 0) is 9.59 Å². The molecule has 1 heterocycles. The van der Waals surface area contributed by atoms with Crippen LogP contribution in [0.3, 0.4) is 0 Å². The van der Waals surface area contributed by atoms with Crippen LogP contribution in [0.2, 0.25) is 0 Å². The summed E-state index contributed by atoms with van der Waals surface area (Å²) in [7, 11) is 0. The highest BCUT2D eigenvalue weighted by molar-refractivity contribution is 9.10. The van der Waals surface area contributed by atoms with Crippen molar-refractivity contribution in [3.05, 3.63) is 28.2 Å². The van der Waals surface area contributed by atoms with Gasteiger partial charge in [-0.15, -0.1) is 0 Å². The van der Waals surface area contributed by atoms with E-state index in [1.165, 1.54) is 0 Å². The standard InChI is InChI=1S/C15H19BrN2O2/c1-10-9-12(16)6-7-13(10)17-14(19)15(20)18-8-4-3-5-11(18)2/h6-7,9,11H,3-5,8H2,1-2H3,(H,17,19). The smallest absolute Gasteiger partial charge is 0.313 e. The van der Waals surface area contributed by atoms with Gasteiger partial charge in [-0.05, 0) is 56.9 Å². The molecule has 0 saturated carbocycles. The van der Waals surface area contributed by atoms with Gasteiger partial charge in [-0.1, -0.05) is 15.9 Å². The second-order valence-corrected chi connectivity index (χ2v) is 6.17. The maximum Gasteiger partial charge on any atom is 0.313 e. The molecule has 4 nitrogen and oxygen atoms in total. The number of nitrogens with zero attached hydrogens (tertiary/aromatic N) is 1. The molecular weight excluding hydrogens is 320 g/mol. The largest absolute Gasteiger partial charge is 0.332 e. The van der Waals surface area contributed by atoms with Crippen molar-refractivity contribution >= 4 is 33.4 Å². The van der Waals surface area contributed by atoms with E-state index in [1.807, 2.05) is 26.0 Å². The molecule has 0 radical (unpaired) electrons. The van der Waals surface area contributed by atoms with Gasteiger partial charge < -0.3 is 10.2 Å². The van der Waals surface area contributed by atoms with Crippen LogP contribution >= 0.6 is 15.9 Å². The monoisotopic (exact) mass is 338 g/mol. The first-order valence-electron chi connectivity index (χ1n) is 6.87. The lowest BCUT2D eigenvalue weighted by Crippen LogP contribution is -2.47. The van der Waals surface area contributed by atoms with Crippen LogP contribution < -0.4 is 5.32 Å². The van der Waals surface area contributed by atoms with Gasteiger partial charge in [0.15, 0.2) is 0 Å². The molecule has 2 rings (SSSR count). The first-order chi connectivity index (χ1) is 9.49. The number of piperidine rings is 1. The number of benzene rings is 1. The summed E-state index contributed by atoms with van der Waals surface area (Å²) in [5.41, 5.74) is 1.60. The molecule has 1 aromatic carbocycles. The number of amides is 2. The van der Waals surface area contributed by atoms with Crippen LogP contribution in [-0.4, -0.2) is 29.3 Å². The third kappa shape index (κ3) is 3.39. The normalized spacial score (nSPS) is 18.8. The molecule has 20 heavy (non-hydrogen) atoms. The lowest BCUT2D eigenvalue weighted by atomic mass is 10.0. The van der Waals surface area contributed by atoms with Crippen LogP contribution in [0, 0.1) is 6.92 Å². The molecule has 0 spiro atoms. The molecular formula is C15H19BrN2O2. The van der Waals surface area contributed by atoms with E-state index in [1.54, 1.807) is 11.0 Å². The molecule has 108 valence electrons. The molecule has 0 bridgehead atoms. The zero-order chi connectivity index (χ0) is 14.7. The lowest BCUT2D eigenvalue weighted by Gasteiger charge is -2.32. The predicted molar refractivity (Wildman–Crippen MR) is 82.5 cm³/mol. The quantitative estimate of drug-likeness (QED) is 0.800. The molecule has 1 unspecified atom stereocenters. The first-order valence-corrected chi connectivity index (χ1v) is 7.66. The molecule has 1 atom stereocenters. The summed E-state index contributed by atoms with van der Waals surface area (Å²) >= 11 is 3.37. The van der Waals surface area contributed by atoms with Crippen LogP contribution in [0.25, 0.3) is 0 Å². The van der Waals surface area contributed by atoms with Crippen molar-refractivity contribution < 1.29 is 9.59 Å². The van der Waals surface area contributed by atoms with Gasteiger partial charge in [-0.3, -0.25) is 9.59 Å². The van der Waals surface area contributed by atoms with Crippen molar-refractivity contribution in [2.75, 3.05) is 11.9 Å². The maximum absolute atomic E-state index is 12.2. The van der Waals surface area contributed by atoms with Crippen molar-refractivity contribution in [3.63, 3.8) is 0 Å². The van der Waals surface area contributed by atoms with Gasteiger partial charge in [0.2, 0.25) is 0 Å². The number of hydrogen-bond acceptors (Lipinski definition) is 2. The fourth-order valence-electron chi connectivity index (χ4n) is 2.47. The van der Waals surface area contributed by atoms with Gasteiger partial charge in [0.1, 0.15) is 0 Å². The molecule has 1 aliphatic rings. The van der Waals surface area contributed by atoms with Crippen LogP contribution in [0.5, 0.6) is 0 Å². The second-order valence-electron chi connectivity index (χ2n) is 5.26. The predicted octanol–water partition coefficient (Wildman–Crippen LogP) is 3.10. The Morgan fingerprint density at radius 3 is 2.75 bits per heavy atom. The fourth-order valence-corrected chi connectivity index (χ4v) is 2.95. The summed E-state index contributed by atoms with van der Waals surface area (Å²) in [6, 6.07) is 5.69. The Labute approximate surface area is 127 Å². The highest BCUT2D eigenvalue weighted by Crippen LogP contribution is 2.21. The molecule has 1 aromatic rings. The van der Waals surface area contributed by atoms with E-state index < -0.39 is 11.8 Å². The number of rotatable bonds is 1. The van der Waals surface area contributed by atoms with Gasteiger partial charge in [-0.25, -0.2) is 0 Å². The Morgan fingerprint density at radius 2 is 2.10 bits per heavy atom. The molecule has 1 aliphatic heterocycles. The third-order valence-corrected chi connectivity index (χ3v) is 4.19. The number of halogens is 1. The summed E-state index contributed by atoms with van der Waals surface area (Å²) in [5, 5.41) is 2.70. The minimum atomic E-state index is -0.552. The third-order valence-electron chi connectivity index (χ3n) is 3.69. The van der Waals surface area contributed by atoms with Gasteiger partial charge in [0, 0.05) is 22.7 Å². The highest BCUT2D eigenvalue weighted by atomic mass is 79.9. The number of anilines is 1. The molecule has 1 N–H and O–H groups in total. The Kier molecular flexibility index (Phi) is 4.81. The summed E-state index contributed by atoms with van der Waals surface area (Å²) in [6.45, 7) is 4.57. The van der Waals surface area contributed by atoms with Gasteiger partial charge in [0.25, 0.3) is 0 Å². The number of hydrogen-bond donors (Lipinski definition) is 1.